The number of hydroxylamine groups is 2. The van der Waals surface area contributed by atoms with Crippen molar-refractivity contribution in [3.05, 3.63) is 48.6 Å². The molecule has 0 atom stereocenters. The first-order valence-electron chi connectivity index (χ1n) is 6.06. The Kier molecular flexibility index (Phi) is 5.10. The third-order valence-electron chi connectivity index (χ3n) is 2.15. The van der Waals surface area contributed by atoms with Crippen LogP contribution in [0.25, 0.3) is 0 Å². The minimum absolute atomic E-state index is 0.0798. The SMILES string of the molecule is C=CCC(=O)N(Cc1ccccc1)OC(C)(C)C. The summed E-state index contributed by atoms with van der Waals surface area (Å²) in [7, 11) is 0. The van der Waals surface area contributed by atoms with E-state index in [0.29, 0.717) is 6.54 Å². The molecule has 3 heteroatoms. The van der Waals surface area contributed by atoms with E-state index in [4.69, 9.17) is 4.84 Å². The van der Waals surface area contributed by atoms with Crippen LogP contribution in [-0.4, -0.2) is 16.6 Å². The van der Waals surface area contributed by atoms with Crippen molar-refractivity contribution in [2.75, 3.05) is 0 Å². The van der Waals surface area contributed by atoms with E-state index in [9.17, 15) is 4.79 Å². The van der Waals surface area contributed by atoms with Gasteiger partial charge in [-0.2, -0.15) is 0 Å². The van der Waals surface area contributed by atoms with Crippen LogP contribution < -0.4 is 0 Å². The molecule has 1 rings (SSSR count). The molecule has 3 nitrogen and oxygen atoms in total. The van der Waals surface area contributed by atoms with Gasteiger partial charge in [-0.25, -0.2) is 5.06 Å². The Morgan fingerprint density at radius 2 is 1.94 bits per heavy atom. The van der Waals surface area contributed by atoms with Crippen LogP contribution in [0, 0.1) is 0 Å². The summed E-state index contributed by atoms with van der Waals surface area (Å²) in [5.41, 5.74) is 0.644. The molecule has 0 saturated carbocycles. The molecule has 0 saturated heterocycles. The minimum Gasteiger partial charge on any atom is -0.272 e. The lowest BCUT2D eigenvalue weighted by Crippen LogP contribution is -2.37. The van der Waals surface area contributed by atoms with Gasteiger partial charge in [-0.3, -0.25) is 9.63 Å². The van der Waals surface area contributed by atoms with Gasteiger partial charge < -0.3 is 0 Å². The summed E-state index contributed by atoms with van der Waals surface area (Å²) in [5, 5.41) is 1.41. The molecular weight excluding hydrogens is 226 g/mol. The highest BCUT2D eigenvalue weighted by molar-refractivity contribution is 5.76. The Balaban J connectivity index is 2.77. The van der Waals surface area contributed by atoms with Crippen molar-refractivity contribution in [2.24, 2.45) is 0 Å². The quantitative estimate of drug-likeness (QED) is 0.590. The third kappa shape index (κ3) is 5.15. The van der Waals surface area contributed by atoms with E-state index < -0.39 is 5.60 Å². The predicted octanol–water partition coefficient (Wildman–Crippen LogP) is 3.32. The van der Waals surface area contributed by atoms with Crippen molar-refractivity contribution in [1.82, 2.24) is 5.06 Å². The number of benzene rings is 1. The van der Waals surface area contributed by atoms with Gasteiger partial charge in [0.1, 0.15) is 0 Å². The fourth-order valence-corrected chi connectivity index (χ4v) is 1.48. The zero-order valence-corrected chi connectivity index (χ0v) is 11.3. The van der Waals surface area contributed by atoms with Gasteiger partial charge in [-0.05, 0) is 26.3 Å². The third-order valence-corrected chi connectivity index (χ3v) is 2.15. The van der Waals surface area contributed by atoms with Crippen molar-refractivity contribution in [1.29, 1.82) is 0 Å². The van der Waals surface area contributed by atoms with E-state index in [2.05, 4.69) is 6.58 Å². The molecule has 0 aliphatic heterocycles. The second kappa shape index (κ2) is 6.36. The summed E-state index contributed by atoms with van der Waals surface area (Å²) in [6.07, 6.45) is 1.87. The van der Waals surface area contributed by atoms with Crippen LogP contribution in [0.4, 0.5) is 0 Å². The number of carbonyl (C=O) groups excluding carboxylic acids is 1. The van der Waals surface area contributed by atoms with Crippen LogP contribution >= 0.6 is 0 Å². The van der Waals surface area contributed by atoms with Gasteiger partial charge >= 0.3 is 0 Å². The zero-order valence-electron chi connectivity index (χ0n) is 11.3. The zero-order chi connectivity index (χ0) is 13.6. The fourth-order valence-electron chi connectivity index (χ4n) is 1.48. The highest BCUT2D eigenvalue weighted by Crippen LogP contribution is 2.15. The predicted molar refractivity (Wildman–Crippen MR) is 72.6 cm³/mol. The van der Waals surface area contributed by atoms with Crippen molar-refractivity contribution >= 4 is 5.91 Å². The van der Waals surface area contributed by atoms with Crippen LogP contribution in [0.1, 0.15) is 32.8 Å². The maximum Gasteiger partial charge on any atom is 0.250 e. The second-order valence-electron chi connectivity index (χ2n) is 5.11. The summed E-state index contributed by atoms with van der Waals surface area (Å²) < 4.78 is 0. The molecule has 0 spiro atoms. The average molecular weight is 247 g/mol. The molecule has 0 radical (unpaired) electrons. The monoisotopic (exact) mass is 247 g/mol. The molecule has 1 aromatic carbocycles. The summed E-state index contributed by atoms with van der Waals surface area (Å²) in [5.74, 6) is -0.0798. The highest BCUT2D eigenvalue weighted by Gasteiger charge is 2.21. The number of carbonyl (C=O) groups is 1. The Morgan fingerprint density at radius 1 is 1.33 bits per heavy atom. The Hall–Kier alpha value is -1.61. The van der Waals surface area contributed by atoms with Crippen LogP contribution in [0.3, 0.4) is 0 Å². The van der Waals surface area contributed by atoms with Gasteiger partial charge in [0.25, 0.3) is 0 Å². The number of rotatable bonds is 5. The molecule has 0 unspecified atom stereocenters. The Bertz CT molecular complexity index is 393. The lowest BCUT2D eigenvalue weighted by molar-refractivity contribution is -0.231. The second-order valence-corrected chi connectivity index (χ2v) is 5.11. The van der Waals surface area contributed by atoms with Crippen LogP contribution in [0.2, 0.25) is 0 Å². The molecule has 0 aliphatic rings. The van der Waals surface area contributed by atoms with E-state index in [0.717, 1.165) is 5.56 Å². The number of amides is 1. The van der Waals surface area contributed by atoms with Crippen molar-refractivity contribution < 1.29 is 9.63 Å². The van der Waals surface area contributed by atoms with E-state index in [1.165, 1.54) is 5.06 Å². The van der Waals surface area contributed by atoms with Gasteiger partial charge in [0.2, 0.25) is 5.91 Å². The molecule has 18 heavy (non-hydrogen) atoms. The largest absolute Gasteiger partial charge is 0.272 e. The van der Waals surface area contributed by atoms with E-state index >= 15 is 0 Å². The van der Waals surface area contributed by atoms with Crippen LogP contribution in [-0.2, 0) is 16.2 Å². The molecule has 1 amide bonds. The maximum atomic E-state index is 12.0. The van der Waals surface area contributed by atoms with Crippen molar-refractivity contribution in [3.63, 3.8) is 0 Å². The Labute approximate surface area is 109 Å². The van der Waals surface area contributed by atoms with Gasteiger partial charge in [-0.1, -0.05) is 36.4 Å². The van der Waals surface area contributed by atoms with E-state index in [1.807, 2.05) is 51.1 Å². The molecule has 0 aromatic heterocycles. The first-order valence-corrected chi connectivity index (χ1v) is 6.06. The Morgan fingerprint density at radius 3 is 2.44 bits per heavy atom. The summed E-state index contributed by atoms with van der Waals surface area (Å²) >= 11 is 0. The molecule has 98 valence electrons. The fraction of sp³-hybridized carbons (Fsp3) is 0.400. The van der Waals surface area contributed by atoms with E-state index in [1.54, 1.807) is 6.08 Å². The van der Waals surface area contributed by atoms with Crippen molar-refractivity contribution in [2.45, 2.75) is 39.3 Å². The summed E-state index contributed by atoms with van der Waals surface area (Å²) in [4.78, 5) is 17.6. The minimum atomic E-state index is -0.397. The molecule has 0 aliphatic carbocycles. The smallest absolute Gasteiger partial charge is 0.250 e. The molecule has 1 aromatic rings. The van der Waals surface area contributed by atoms with Gasteiger partial charge in [0.05, 0.1) is 12.1 Å². The van der Waals surface area contributed by atoms with Gasteiger partial charge in [0.15, 0.2) is 0 Å². The number of nitrogens with zero attached hydrogens (tertiary/aromatic N) is 1. The van der Waals surface area contributed by atoms with Crippen LogP contribution in [0.5, 0.6) is 0 Å². The molecule has 0 N–H and O–H groups in total. The van der Waals surface area contributed by atoms with Crippen molar-refractivity contribution in [3.8, 4) is 0 Å². The summed E-state index contributed by atoms with van der Waals surface area (Å²) in [6.45, 7) is 9.80. The molecule has 0 fully saturated rings. The molecular formula is C15H21NO2. The molecule has 0 heterocycles. The first kappa shape index (κ1) is 14.5. The lowest BCUT2D eigenvalue weighted by Gasteiger charge is -2.29. The molecule has 0 bridgehead atoms. The number of hydrogen-bond acceptors (Lipinski definition) is 2. The normalized spacial score (nSPS) is 11.1. The number of hydrogen-bond donors (Lipinski definition) is 0. The van der Waals surface area contributed by atoms with Gasteiger partial charge in [0, 0.05) is 6.42 Å². The average Bonchev–Trinajstić information content (AvgIpc) is 2.28. The van der Waals surface area contributed by atoms with Gasteiger partial charge in [-0.15, -0.1) is 6.58 Å². The first-order chi connectivity index (χ1) is 8.42. The maximum absolute atomic E-state index is 12.0. The van der Waals surface area contributed by atoms with E-state index in [-0.39, 0.29) is 12.3 Å². The summed E-state index contributed by atoms with van der Waals surface area (Å²) in [6, 6.07) is 9.79. The highest BCUT2D eigenvalue weighted by atomic mass is 16.7. The standard InChI is InChI=1S/C15H21NO2/c1-5-9-14(17)16(18-15(2,3)4)12-13-10-7-6-8-11-13/h5-8,10-11H,1,9,12H2,2-4H3. The lowest BCUT2D eigenvalue weighted by atomic mass is 10.2. The van der Waals surface area contributed by atoms with Crippen LogP contribution in [0.15, 0.2) is 43.0 Å². The topological polar surface area (TPSA) is 29.5 Å².